The second-order valence-corrected chi connectivity index (χ2v) is 11.8. The van der Waals surface area contributed by atoms with Crippen molar-refractivity contribution < 1.29 is 22.8 Å². The van der Waals surface area contributed by atoms with Gasteiger partial charge in [0.15, 0.2) is 5.54 Å². The summed E-state index contributed by atoms with van der Waals surface area (Å²) in [6.45, 7) is 3.34. The van der Waals surface area contributed by atoms with Crippen LogP contribution in [0.5, 0.6) is 0 Å². The lowest BCUT2D eigenvalue weighted by Gasteiger charge is -2.27. The fourth-order valence-electron chi connectivity index (χ4n) is 3.87. The maximum absolute atomic E-state index is 13.5. The molecule has 36 heavy (non-hydrogen) atoms. The van der Waals surface area contributed by atoms with Crippen molar-refractivity contribution in [2.45, 2.75) is 19.4 Å². The van der Waals surface area contributed by atoms with Crippen molar-refractivity contribution in [1.29, 1.82) is 0 Å². The second-order valence-electron chi connectivity index (χ2n) is 8.38. The Labute approximate surface area is 216 Å². The van der Waals surface area contributed by atoms with Crippen LogP contribution in [-0.4, -0.2) is 49.5 Å². The Bertz CT molecular complexity index is 1490. The van der Waals surface area contributed by atoms with Gasteiger partial charge in [-0.3, -0.25) is 19.3 Å². The number of nitrogens with zero attached hydrogens (tertiary/aromatic N) is 3. The Kier molecular flexibility index (Phi) is 6.54. The van der Waals surface area contributed by atoms with Crippen LogP contribution in [0.2, 0.25) is 5.02 Å². The van der Waals surface area contributed by atoms with Gasteiger partial charge in [-0.1, -0.05) is 17.7 Å². The number of aryl methyl sites for hydroxylation is 1. The highest BCUT2D eigenvalue weighted by atomic mass is 35.5. The number of urea groups is 1. The minimum absolute atomic E-state index is 0.188. The molecule has 4 amide bonds. The highest BCUT2D eigenvalue weighted by Gasteiger charge is 2.55. The molecule has 1 aliphatic heterocycles. The van der Waals surface area contributed by atoms with Gasteiger partial charge in [-0.15, -0.1) is 11.3 Å². The van der Waals surface area contributed by atoms with Gasteiger partial charge in [0.2, 0.25) is 10.0 Å². The molecule has 1 aromatic carbocycles. The quantitative estimate of drug-likeness (QED) is 0.448. The summed E-state index contributed by atoms with van der Waals surface area (Å²) in [6, 6.07) is 10.4. The number of nitrogens with one attached hydrogen (secondary N) is 2. The van der Waals surface area contributed by atoms with E-state index in [1.807, 2.05) is 0 Å². The standard InChI is InChI=1S/C23H22ClN5O5S2/c1-13-17(29-21(31)23(2,28(3)22(29)32)19-7-5-6-8-25-19)12-18(35-13)20(30)26-15-9-14(24)10-16(11-15)27-36(4,33)34/h5-12,27H,1-4H3,(H,26,30)/t23-/m0/s1. The molecule has 4 rings (SSSR count). The van der Waals surface area contributed by atoms with Gasteiger partial charge >= 0.3 is 6.03 Å². The van der Waals surface area contributed by atoms with E-state index in [0.717, 1.165) is 22.5 Å². The van der Waals surface area contributed by atoms with Crippen molar-refractivity contribution in [3.8, 4) is 0 Å². The van der Waals surface area contributed by atoms with Crippen molar-refractivity contribution in [3.05, 3.63) is 69.1 Å². The number of anilines is 3. The van der Waals surface area contributed by atoms with Crippen LogP contribution in [0.4, 0.5) is 21.9 Å². The number of sulfonamides is 1. The predicted molar refractivity (Wildman–Crippen MR) is 139 cm³/mol. The van der Waals surface area contributed by atoms with Gasteiger partial charge in [-0.25, -0.2) is 18.1 Å². The fraction of sp³-hybridized carbons (Fsp3) is 0.217. The van der Waals surface area contributed by atoms with E-state index < -0.39 is 33.4 Å². The van der Waals surface area contributed by atoms with Crippen LogP contribution in [0.25, 0.3) is 0 Å². The first-order valence-corrected chi connectivity index (χ1v) is 13.6. The minimum atomic E-state index is -3.54. The zero-order valence-electron chi connectivity index (χ0n) is 19.7. The van der Waals surface area contributed by atoms with Crippen molar-refractivity contribution in [2.75, 3.05) is 28.2 Å². The second kappa shape index (κ2) is 9.19. The van der Waals surface area contributed by atoms with Gasteiger partial charge in [-0.05, 0) is 50.2 Å². The zero-order chi connectivity index (χ0) is 26.4. The van der Waals surface area contributed by atoms with Crippen LogP contribution < -0.4 is 14.9 Å². The SMILES string of the molecule is Cc1sc(C(=O)Nc2cc(Cl)cc(NS(C)(=O)=O)c2)cc1N1C(=O)N(C)[C@@](C)(c2ccccn2)C1=O. The van der Waals surface area contributed by atoms with Crippen molar-refractivity contribution in [2.24, 2.45) is 0 Å². The Hall–Kier alpha value is -3.48. The smallest absolute Gasteiger partial charge is 0.321 e. The van der Waals surface area contributed by atoms with Crippen LogP contribution in [-0.2, 0) is 20.4 Å². The first-order valence-electron chi connectivity index (χ1n) is 10.6. The monoisotopic (exact) mass is 547 g/mol. The van der Waals surface area contributed by atoms with E-state index in [0.29, 0.717) is 16.3 Å². The zero-order valence-corrected chi connectivity index (χ0v) is 22.1. The lowest BCUT2D eigenvalue weighted by Crippen LogP contribution is -2.42. The summed E-state index contributed by atoms with van der Waals surface area (Å²) in [5, 5.41) is 2.89. The van der Waals surface area contributed by atoms with Crippen LogP contribution in [0.1, 0.15) is 27.2 Å². The van der Waals surface area contributed by atoms with Crippen LogP contribution >= 0.6 is 22.9 Å². The van der Waals surface area contributed by atoms with Gasteiger partial charge in [0.1, 0.15) is 0 Å². The summed E-state index contributed by atoms with van der Waals surface area (Å²) < 4.78 is 25.4. The van der Waals surface area contributed by atoms with E-state index in [9.17, 15) is 22.8 Å². The van der Waals surface area contributed by atoms with Gasteiger partial charge in [0, 0.05) is 28.8 Å². The van der Waals surface area contributed by atoms with E-state index >= 15 is 0 Å². The third-order valence-corrected chi connectivity index (χ3v) is 7.61. The lowest BCUT2D eigenvalue weighted by atomic mass is 9.95. The number of carbonyl (C=O) groups is 3. The minimum Gasteiger partial charge on any atom is -0.321 e. The third kappa shape index (κ3) is 4.66. The first kappa shape index (κ1) is 25.6. The molecule has 0 spiro atoms. The number of pyridine rings is 1. The summed E-state index contributed by atoms with van der Waals surface area (Å²) >= 11 is 7.18. The average Bonchev–Trinajstić information content (AvgIpc) is 3.25. The van der Waals surface area contributed by atoms with Gasteiger partial charge in [0.25, 0.3) is 11.8 Å². The molecule has 0 saturated carbocycles. The maximum atomic E-state index is 13.5. The Morgan fingerprint density at radius 1 is 1.14 bits per heavy atom. The summed E-state index contributed by atoms with van der Waals surface area (Å²) in [5.41, 5.74) is -0.120. The normalized spacial score (nSPS) is 18.0. The number of aromatic nitrogens is 1. The number of carbonyl (C=O) groups excluding carboxylic acids is 3. The van der Waals surface area contributed by atoms with Gasteiger partial charge in [-0.2, -0.15) is 0 Å². The fourth-order valence-corrected chi connectivity index (χ4v) is 5.55. The van der Waals surface area contributed by atoms with Crippen molar-refractivity contribution in [3.63, 3.8) is 0 Å². The maximum Gasteiger partial charge on any atom is 0.332 e. The van der Waals surface area contributed by atoms with Crippen LogP contribution in [0.3, 0.4) is 0 Å². The number of benzene rings is 1. The molecule has 0 radical (unpaired) electrons. The van der Waals surface area contributed by atoms with Crippen LogP contribution in [0.15, 0.2) is 48.7 Å². The van der Waals surface area contributed by atoms with E-state index in [1.54, 1.807) is 38.2 Å². The molecular formula is C23H22ClN5O5S2. The summed E-state index contributed by atoms with van der Waals surface area (Å²) in [6.07, 6.45) is 2.55. The first-order chi connectivity index (χ1) is 16.8. The summed E-state index contributed by atoms with van der Waals surface area (Å²) in [5.74, 6) is -0.991. The highest BCUT2D eigenvalue weighted by molar-refractivity contribution is 7.92. The number of imide groups is 1. The predicted octanol–water partition coefficient (Wildman–Crippen LogP) is 4.04. The molecule has 0 aliphatic carbocycles. The van der Waals surface area contributed by atoms with E-state index in [1.165, 1.54) is 36.2 Å². The third-order valence-electron chi connectivity index (χ3n) is 5.75. The van der Waals surface area contributed by atoms with Crippen molar-refractivity contribution in [1.82, 2.24) is 9.88 Å². The number of rotatable bonds is 6. The van der Waals surface area contributed by atoms with Gasteiger partial charge in [0.05, 0.1) is 28.2 Å². The van der Waals surface area contributed by atoms with E-state index in [2.05, 4.69) is 15.0 Å². The van der Waals surface area contributed by atoms with E-state index in [4.69, 9.17) is 11.6 Å². The molecule has 0 bridgehead atoms. The molecule has 2 aromatic heterocycles. The molecule has 13 heteroatoms. The van der Waals surface area contributed by atoms with Gasteiger partial charge < -0.3 is 10.2 Å². The molecule has 1 saturated heterocycles. The Morgan fingerprint density at radius 3 is 2.47 bits per heavy atom. The molecular weight excluding hydrogens is 526 g/mol. The molecule has 3 heterocycles. The molecule has 188 valence electrons. The summed E-state index contributed by atoms with van der Waals surface area (Å²) in [7, 11) is -2.01. The molecule has 1 atom stereocenters. The summed E-state index contributed by atoms with van der Waals surface area (Å²) in [4.78, 5) is 47.2. The average molecular weight is 548 g/mol. The molecule has 1 fully saturated rings. The van der Waals surface area contributed by atoms with Crippen molar-refractivity contribution >= 4 is 67.9 Å². The molecule has 3 aromatic rings. The number of halogens is 1. The topological polar surface area (TPSA) is 129 Å². The largest absolute Gasteiger partial charge is 0.332 e. The number of amides is 4. The number of hydrogen-bond acceptors (Lipinski definition) is 7. The number of likely N-dealkylation sites (N-methyl/N-ethyl adjacent to an activating group) is 1. The highest BCUT2D eigenvalue weighted by Crippen LogP contribution is 2.40. The number of hydrogen-bond donors (Lipinski definition) is 2. The Balaban J connectivity index is 1.62. The number of thiophene rings is 1. The lowest BCUT2D eigenvalue weighted by molar-refractivity contribution is -0.124. The molecule has 10 nitrogen and oxygen atoms in total. The molecule has 2 N–H and O–H groups in total. The van der Waals surface area contributed by atoms with Crippen LogP contribution in [0, 0.1) is 6.92 Å². The molecule has 0 unspecified atom stereocenters. The molecule has 1 aliphatic rings. The van der Waals surface area contributed by atoms with E-state index in [-0.39, 0.29) is 21.3 Å². The Morgan fingerprint density at radius 2 is 1.83 bits per heavy atom.